The van der Waals surface area contributed by atoms with Crippen LogP contribution in [0.5, 0.6) is 0 Å². The molecule has 0 atom stereocenters. The van der Waals surface area contributed by atoms with Crippen molar-refractivity contribution in [2.45, 2.75) is 53.1 Å². The van der Waals surface area contributed by atoms with Gasteiger partial charge in [0.2, 0.25) is 5.89 Å². The molecule has 1 aromatic rings. The Bertz CT molecular complexity index is 491. The number of hydrogen-bond donors (Lipinski definition) is 2. The Kier molecular flexibility index (Phi) is 6.83. The van der Waals surface area contributed by atoms with Crippen LogP contribution < -0.4 is 10.6 Å². The molecule has 2 heterocycles. The first-order chi connectivity index (χ1) is 11.1. The summed E-state index contributed by atoms with van der Waals surface area (Å²) in [6.07, 6.45) is 2.30. The van der Waals surface area contributed by atoms with E-state index in [1.54, 1.807) is 6.92 Å². The molecule has 0 unspecified atom stereocenters. The van der Waals surface area contributed by atoms with Gasteiger partial charge in [0.1, 0.15) is 6.54 Å². The summed E-state index contributed by atoms with van der Waals surface area (Å²) in [5, 5.41) is 10.7. The van der Waals surface area contributed by atoms with E-state index < -0.39 is 0 Å². The van der Waals surface area contributed by atoms with Gasteiger partial charge in [-0.25, -0.2) is 4.99 Å². The maximum absolute atomic E-state index is 4.97. The van der Waals surface area contributed by atoms with Gasteiger partial charge in [-0.2, -0.15) is 4.98 Å². The lowest BCUT2D eigenvalue weighted by Crippen LogP contribution is -2.49. The highest BCUT2D eigenvalue weighted by atomic mass is 16.5. The first kappa shape index (κ1) is 17.7. The zero-order chi connectivity index (χ0) is 16.7. The van der Waals surface area contributed by atoms with Crippen LogP contribution in [-0.4, -0.2) is 53.2 Å². The Morgan fingerprint density at radius 2 is 2.13 bits per heavy atom. The van der Waals surface area contributed by atoms with Gasteiger partial charge < -0.3 is 20.1 Å². The van der Waals surface area contributed by atoms with E-state index >= 15 is 0 Å². The standard InChI is InChI=1S/C16H30N6O/c1-5-17-16(18-10-15-19-13(4)23-21-15)20-14-6-8-22(9-7-14)11-12(2)3/h12,14H,5-11H2,1-4H3,(H2,17,18,20). The summed E-state index contributed by atoms with van der Waals surface area (Å²) in [4.78, 5) is 11.3. The van der Waals surface area contributed by atoms with Gasteiger partial charge in [0.15, 0.2) is 11.8 Å². The van der Waals surface area contributed by atoms with Crippen molar-refractivity contribution in [3.8, 4) is 0 Å². The fourth-order valence-corrected chi connectivity index (χ4v) is 2.84. The molecule has 1 aliphatic heterocycles. The van der Waals surface area contributed by atoms with Crippen molar-refractivity contribution in [3.63, 3.8) is 0 Å². The van der Waals surface area contributed by atoms with Gasteiger partial charge in [0.05, 0.1) is 0 Å². The quantitative estimate of drug-likeness (QED) is 0.611. The van der Waals surface area contributed by atoms with Gasteiger partial charge in [-0.1, -0.05) is 19.0 Å². The Morgan fingerprint density at radius 3 is 2.70 bits per heavy atom. The van der Waals surface area contributed by atoms with E-state index in [1.165, 1.54) is 6.54 Å². The zero-order valence-corrected chi connectivity index (χ0v) is 14.8. The Labute approximate surface area is 138 Å². The van der Waals surface area contributed by atoms with Crippen LogP contribution in [0.4, 0.5) is 0 Å². The Morgan fingerprint density at radius 1 is 1.39 bits per heavy atom. The molecule has 1 fully saturated rings. The van der Waals surface area contributed by atoms with E-state index in [1.807, 2.05) is 0 Å². The van der Waals surface area contributed by atoms with Crippen molar-refractivity contribution in [3.05, 3.63) is 11.7 Å². The molecule has 0 amide bonds. The molecule has 2 rings (SSSR count). The maximum Gasteiger partial charge on any atom is 0.223 e. The average molecular weight is 322 g/mol. The van der Waals surface area contributed by atoms with Crippen LogP contribution in [0.3, 0.4) is 0 Å². The summed E-state index contributed by atoms with van der Waals surface area (Å²) < 4.78 is 4.97. The molecule has 0 radical (unpaired) electrons. The van der Waals surface area contributed by atoms with Crippen LogP contribution >= 0.6 is 0 Å². The van der Waals surface area contributed by atoms with Crippen molar-refractivity contribution in [2.75, 3.05) is 26.2 Å². The van der Waals surface area contributed by atoms with Crippen molar-refractivity contribution in [1.29, 1.82) is 0 Å². The van der Waals surface area contributed by atoms with Crippen LogP contribution in [0, 0.1) is 12.8 Å². The second-order valence-electron chi connectivity index (χ2n) is 6.54. The highest BCUT2D eigenvalue weighted by Crippen LogP contribution is 2.12. The van der Waals surface area contributed by atoms with Crippen molar-refractivity contribution in [1.82, 2.24) is 25.7 Å². The smallest absolute Gasteiger partial charge is 0.223 e. The van der Waals surface area contributed by atoms with Crippen LogP contribution in [0.25, 0.3) is 0 Å². The molecular formula is C16H30N6O. The van der Waals surface area contributed by atoms with Crippen LogP contribution in [-0.2, 0) is 6.54 Å². The molecule has 1 saturated heterocycles. The van der Waals surface area contributed by atoms with E-state index in [4.69, 9.17) is 4.52 Å². The summed E-state index contributed by atoms with van der Waals surface area (Å²) >= 11 is 0. The molecule has 0 bridgehead atoms. The Balaban J connectivity index is 1.82. The molecule has 23 heavy (non-hydrogen) atoms. The predicted octanol–water partition coefficient (Wildman–Crippen LogP) is 1.55. The zero-order valence-electron chi connectivity index (χ0n) is 14.8. The second kappa shape index (κ2) is 8.86. The van der Waals surface area contributed by atoms with E-state index in [9.17, 15) is 0 Å². The third-order valence-corrected chi connectivity index (χ3v) is 3.84. The van der Waals surface area contributed by atoms with Gasteiger partial charge in [0.25, 0.3) is 0 Å². The molecular weight excluding hydrogens is 292 g/mol. The average Bonchev–Trinajstić information content (AvgIpc) is 2.92. The molecule has 1 aromatic heterocycles. The van der Waals surface area contributed by atoms with Crippen molar-refractivity contribution in [2.24, 2.45) is 10.9 Å². The largest absolute Gasteiger partial charge is 0.357 e. The fraction of sp³-hybridized carbons (Fsp3) is 0.812. The number of rotatable bonds is 6. The number of guanidine groups is 1. The van der Waals surface area contributed by atoms with Crippen molar-refractivity contribution >= 4 is 5.96 Å². The normalized spacial score (nSPS) is 17.7. The number of nitrogens with zero attached hydrogens (tertiary/aromatic N) is 4. The van der Waals surface area contributed by atoms with Crippen LogP contribution in [0.1, 0.15) is 45.3 Å². The summed E-state index contributed by atoms with van der Waals surface area (Å²) in [6, 6.07) is 0.475. The van der Waals surface area contributed by atoms with Gasteiger partial charge in [-0.3, -0.25) is 0 Å². The number of nitrogens with one attached hydrogen (secondary N) is 2. The minimum Gasteiger partial charge on any atom is -0.357 e. The number of aryl methyl sites for hydroxylation is 1. The summed E-state index contributed by atoms with van der Waals surface area (Å²) in [6.45, 7) is 13.2. The minimum atomic E-state index is 0.429. The highest BCUT2D eigenvalue weighted by Gasteiger charge is 2.20. The predicted molar refractivity (Wildman–Crippen MR) is 91.3 cm³/mol. The van der Waals surface area contributed by atoms with Crippen LogP contribution in [0.15, 0.2) is 9.52 Å². The molecule has 1 aliphatic rings. The molecule has 0 aliphatic carbocycles. The number of piperidine rings is 1. The molecule has 7 heteroatoms. The molecule has 0 saturated carbocycles. The first-order valence-electron chi connectivity index (χ1n) is 8.63. The first-order valence-corrected chi connectivity index (χ1v) is 8.63. The lowest BCUT2D eigenvalue weighted by Gasteiger charge is -2.33. The monoisotopic (exact) mass is 322 g/mol. The van der Waals surface area contributed by atoms with Gasteiger partial charge >= 0.3 is 0 Å². The molecule has 130 valence electrons. The lowest BCUT2D eigenvalue weighted by molar-refractivity contribution is 0.187. The lowest BCUT2D eigenvalue weighted by atomic mass is 10.0. The van der Waals surface area contributed by atoms with E-state index in [0.717, 1.165) is 44.4 Å². The summed E-state index contributed by atoms with van der Waals surface area (Å²) in [5.74, 6) is 2.76. The molecule has 7 nitrogen and oxygen atoms in total. The minimum absolute atomic E-state index is 0.429. The second-order valence-corrected chi connectivity index (χ2v) is 6.54. The van der Waals surface area contributed by atoms with Gasteiger partial charge in [0, 0.05) is 39.1 Å². The van der Waals surface area contributed by atoms with Gasteiger partial charge in [-0.05, 0) is 25.7 Å². The third-order valence-electron chi connectivity index (χ3n) is 3.84. The highest BCUT2D eigenvalue weighted by molar-refractivity contribution is 5.80. The molecule has 0 spiro atoms. The van der Waals surface area contributed by atoms with E-state index in [2.05, 4.69) is 51.4 Å². The number of likely N-dealkylation sites (tertiary alicyclic amines) is 1. The van der Waals surface area contributed by atoms with E-state index in [0.29, 0.717) is 24.3 Å². The molecule has 2 N–H and O–H groups in total. The van der Waals surface area contributed by atoms with Crippen LogP contribution in [0.2, 0.25) is 0 Å². The molecule has 0 aromatic carbocycles. The summed E-state index contributed by atoms with van der Waals surface area (Å²) in [7, 11) is 0. The SMILES string of the molecule is CCNC(=NCc1noc(C)n1)NC1CCN(CC(C)C)CC1. The maximum atomic E-state index is 4.97. The van der Waals surface area contributed by atoms with E-state index in [-0.39, 0.29) is 0 Å². The van der Waals surface area contributed by atoms with Gasteiger partial charge in [-0.15, -0.1) is 0 Å². The Hall–Kier alpha value is -1.63. The van der Waals surface area contributed by atoms with Crippen molar-refractivity contribution < 1.29 is 4.52 Å². The summed E-state index contributed by atoms with van der Waals surface area (Å²) in [5.41, 5.74) is 0. The topological polar surface area (TPSA) is 78.6 Å². The number of aromatic nitrogens is 2. The number of hydrogen-bond acceptors (Lipinski definition) is 5. The third kappa shape index (κ3) is 6.17. The number of aliphatic imine (C=N–C) groups is 1. The fourth-order valence-electron chi connectivity index (χ4n) is 2.84.